The number of nitrogens with zero attached hydrogens (tertiary/aromatic N) is 1. The number of rotatable bonds is 2. The lowest BCUT2D eigenvalue weighted by atomic mass is 9.96. The van der Waals surface area contributed by atoms with Gasteiger partial charge in [0.1, 0.15) is 0 Å². The summed E-state index contributed by atoms with van der Waals surface area (Å²) in [5.41, 5.74) is 1.62. The van der Waals surface area contributed by atoms with E-state index in [0.717, 1.165) is 13.1 Å². The smallest absolute Gasteiger partial charge is 0.0321 e. The first kappa shape index (κ1) is 12.6. The molecular formula is C15H24N2. The van der Waals surface area contributed by atoms with E-state index in [2.05, 4.69) is 68.2 Å². The van der Waals surface area contributed by atoms with E-state index >= 15 is 0 Å². The Morgan fingerprint density at radius 2 is 1.94 bits per heavy atom. The molecular weight excluding hydrogens is 208 g/mol. The van der Waals surface area contributed by atoms with Crippen LogP contribution < -0.4 is 5.32 Å². The van der Waals surface area contributed by atoms with E-state index in [-0.39, 0.29) is 5.54 Å². The Morgan fingerprint density at radius 3 is 2.53 bits per heavy atom. The van der Waals surface area contributed by atoms with Crippen LogP contribution in [0.4, 0.5) is 0 Å². The first-order chi connectivity index (χ1) is 7.98. The summed E-state index contributed by atoms with van der Waals surface area (Å²) < 4.78 is 0. The minimum Gasteiger partial charge on any atom is -0.307 e. The van der Waals surface area contributed by atoms with E-state index in [1.807, 2.05) is 0 Å². The van der Waals surface area contributed by atoms with Gasteiger partial charge >= 0.3 is 0 Å². The number of piperazine rings is 1. The lowest BCUT2D eigenvalue weighted by molar-refractivity contribution is 0.0899. The van der Waals surface area contributed by atoms with E-state index in [1.165, 1.54) is 5.56 Å². The zero-order chi connectivity index (χ0) is 12.5. The Labute approximate surface area is 105 Å². The Bertz CT molecular complexity index is 358. The molecule has 1 saturated heterocycles. The second kappa shape index (κ2) is 4.79. The molecule has 0 aliphatic carbocycles. The van der Waals surface area contributed by atoms with Crippen molar-refractivity contribution in [1.29, 1.82) is 0 Å². The molecule has 2 atom stereocenters. The minimum absolute atomic E-state index is 0.209. The van der Waals surface area contributed by atoms with Gasteiger partial charge in [0.15, 0.2) is 0 Å². The summed E-state index contributed by atoms with van der Waals surface area (Å²) in [6.07, 6.45) is 0. The molecule has 1 heterocycles. The fourth-order valence-corrected chi connectivity index (χ4v) is 2.92. The number of hydrogen-bond donors (Lipinski definition) is 1. The number of benzene rings is 1. The maximum atomic E-state index is 3.65. The van der Waals surface area contributed by atoms with Crippen LogP contribution in [0, 0.1) is 0 Å². The highest BCUT2D eigenvalue weighted by atomic mass is 15.2. The van der Waals surface area contributed by atoms with Crippen molar-refractivity contribution in [3.05, 3.63) is 35.9 Å². The van der Waals surface area contributed by atoms with E-state index in [9.17, 15) is 0 Å². The third-order valence-electron chi connectivity index (χ3n) is 3.57. The highest BCUT2D eigenvalue weighted by molar-refractivity contribution is 5.18. The summed E-state index contributed by atoms with van der Waals surface area (Å²) in [5.74, 6) is 0. The maximum absolute atomic E-state index is 3.65. The van der Waals surface area contributed by atoms with E-state index < -0.39 is 0 Å². The Hall–Kier alpha value is -0.860. The van der Waals surface area contributed by atoms with E-state index in [4.69, 9.17) is 0 Å². The molecule has 2 nitrogen and oxygen atoms in total. The van der Waals surface area contributed by atoms with Gasteiger partial charge in [0.2, 0.25) is 0 Å². The van der Waals surface area contributed by atoms with Crippen molar-refractivity contribution in [2.45, 2.75) is 45.3 Å². The zero-order valence-corrected chi connectivity index (χ0v) is 11.4. The summed E-state index contributed by atoms with van der Waals surface area (Å²) in [5, 5.41) is 3.65. The molecule has 1 aromatic carbocycles. The van der Waals surface area contributed by atoms with Crippen LogP contribution in [0.3, 0.4) is 0 Å². The predicted molar refractivity (Wildman–Crippen MR) is 73.1 cm³/mol. The molecule has 17 heavy (non-hydrogen) atoms. The number of nitrogens with one attached hydrogen (secondary N) is 1. The molecule has 2 rings (SSSR count). The molecule has 1 aromatic rings. The van der Waals surface area contributed by atoms with Crippen molar-refractivity contribution >= 4 is 0 Å². The van der Waals surface area contributed by atoms with Gasteiger partial charge in [-0.15, -0.1) is 0 Å². The predicted octanol–water partition coefficient (Wildman–Crippen LogP) is 2.82. The van der Waals surface area contributed by atoms with Gasteiger partial charge in [-0.05, 0) is 33.3 Å². The third kappa shape index (κ3) is 3.08. The average molecular weight is 232 g/mol. The van der Waals surface area contributed by atoms with Crippen LogP contribution in [0.15, 0.2) is 30.3 Å². The summed E-state index contributed by atoms with van der Waals surface area (Å²) in [7, 11) is 0. The number of hydrogen-bond acceptors (Lipinski definition) is 2. The largest absolute Gasteiger partial charge is 0.307 e. The standard InChI is InChI=1S/C15H24N2/c1-12-10-17(11-15(3,4)16-12)13(2)14-8-6-5-7-9-14/h5-9,12-13,16H,10-11H2,1-4H3. The minimum atomic E-state index is 0.209. The topological polar surface area (TPSA) is 15.3 Å². The molecule has 1 aliphatic rings. The molecule has 2 unspecified atom stereocenters. The van der Waals surface area contributed by atoms with Crippen molar-refractivity contribution < 1.29 is 0 Å². The van der Waals surface area contributed by atoms with Crippen LogP contribution in [-0.4, -0.2) is 29.6 Å². The highest BCUT2D eigenvalue weighted by Gasteiger charge is 2.32. The quantitative estimate of drug-likeness (QED) is 0.843. The molecule has 0 spiro atoms. The molecule has 1 fully saturated rings. The molecule has 0 aromatic heterocycles. The van der Waals surface area contributed by atoms with Crippen molar-refractivity contribution in [2.75, 3.05) is 13.1 Å². The summed E-state index contributed by atoms with van der Waals surface area (Å²) in [4.78, 5) is 2.58. The fourth-order valence-electron chi connectivity index (χ4n) is 2.92. The summed E-state index contributed by atoms with van der Waals surface area (Å²) in [6, 6.07) is 11.9. The van der Waals surface area contributed by atoms with Crippen LogP contribution in [0.2, 0.25) is 0 Å². The second-order valence-electron chi connectivity index (χ2n) is 5.95. The summed E-state index contributed by atoms with van der Waals surface area (Å²) in [6.45, 7) is 11.4. The highest BCUT2D eigenvalue weighted by Crippen LogP contribution is 2.25. The fraction of sp³-hybridized carbons (Fsp3) is 0.600. The molecule has 2 heteroatoms. The monoisotopic (exact) mass is 232 g/mol. The van der Waals surface area contributed by atoms with Crippen LogP contribution in [-0.2, 0) is 0 Å². The second-order valence-corrected chi connectivity index (χ2v) is 5.95. The van der Waals surface area contributed by atoms with Gasteiger partial charge in [-0.25, -0.2) is 0 Å². The van der Waals surface area contributed by atoms with Gasteiger partial charge in [0.25, 0.3) is 0 Å². The Balaban J connectivity index is 2.12. The van der Waals surface area contributed by atoms with Crippen LogP contribution in [0.5, 0.6) is 0 Å². The first-order valence-electron chi connectivity index (χ1n) is 6.55. The van der Waals surface area contributed by atoms with Gasteiger partial charge in [0.05, 0.1) is 0 Å². The van der Waals surface area contributed by atoms with Gasteiger partial charge in [-0.3, -0.25) is 4.90 Å². The maximum Gasteiger partial charge on any atom is 0.0321 e. The van der Waals surface area contributed by atoms with Crippen LogP contribution >= 0.6 is 0 Å². The molecule has 0 amide bonds. The van der Waals surface area contributed by atoms with Crippen molar-refractivity contribution in [2.24, 2.45) is 0 Å². The van der Waals surface area contributed by atoms with Gasteiger partial charge < -0.3 is 5.32 Å². The van der Waals surface area contributed by atoms with Crippen molar-refractivity contribution in [3.63, 3.8) is 0 Å². The molecule has 0 radical (unpaired) electrons. The van der Waals surface area contributed by atoms with Gasteiger partial charge in [-0.2, -0.15) is 0 Å². The normalized spacial score (nSPS) is 26.7. The molecule has 0 bridgehead atoms. The Morgan fingerprint density at radius 1 is 1.29 bits per heavy atom. The van der Waals surface area contributed by atoms with Crippen molar-refractivity contribution in [1.82, 2.24) is 10.2 Å². The van der Waals surface area contributed by atoms with Crippen LogP contribution in [0.1, 0.15) is 39.3 Å². The lowest BCUT2D eigenvalue weighted by Crippen LogP contribution is -2.61. The van der Waals surface area contributed by atoms with Gasteiger partial charge in [-0.1, -0.05) is 30.3 Å². The zero-order valence-electron chi connectivity index (χ0n) is 11.4. The molecule has 1 N–H and O–H groups in total. The SMILES string of the molecule is CC1CN(C(C)c2ccccc2)CC(C)(C)N1. The average Bonchev–Trinajstić information content (AvgIpc) is 2.26. The Kier molecular flexibility index (Phi) is 3.55. The molecule has 94 valence electrons. The van der Waals surface area contributed by atoms with Crippen LogP contribution in [0.25, 0.3) is 0 Å². The van der Waals surface area contributed by atoms with E-state index in [0.29, 0.717) is 12.1 Å². The third-order valence-corrected chi connectivity index (χ3v) is 3.57. The molecule has 0 saturated carbocycles. The lowest BCUT2D eigenvalue weighted by Gasteiger charge is -2.45. The van der Waals surface area contributed by atoms with Crippen molar-refractivity contribution in [3.8, 4) is 0 Å². The van der Waals surface area contributed by atoms with E-state index in [1.54, 1.807) is 0 Å². The first-order valence-corrected chi connectivity index (χ1v) is 6.55. The summed E-state index contributed by atoms with van der Waals surface area (Å²) >= 11 is 0. The van der Waals surface area contributed by atoms with Gasteiger partial charge in [0, 0.05) is 30.7 Å². The molecule has 1 aliphatic heterocycles.